The number of carbonyl (C=O) groups is 1. The van der Waals surface area contributed by atoms with Crippen LogP contribution < -0.4 is 5.32 Å². The fourth-order valence-electron chi connectivity index (χ4n) is 3.66. The Balaban J connectivity index is 1.67. The fraction of sp³-hybridized carbons (Fsp3) is 0.409. The lowest BCUT2D eigenvalue weighted by molar-refractivity contribution is -0.129. The highest BCUT2D eigenvalue weighted by Gasteiger charge is 2.40. The Hall–Kier alpha value is -2.17. The number of ether oxygens (including phenoxy) is 1. The van der Waals surface area contributed by atoms with E-state index >= 15 is 0 Å². The van der Waals surface area contributed by atoms with Crippen molar-refractivity contribution < 1.29 is 9.53 Å². The van der Waals surface area contributed by atoms with Gasteiger partial charge in [-0.15, -0.1) is 0 Å². The van der Waals surface area contributed by atoms with E-state index in [1.54, 1.807) is 7.11 Å². The molecule has 2 aromatic carbocycles. The Morgan fingerprint density at radius 3 is 2.65 bits per heavy atom. The van der Waals surface area contributed by atoms with Gasteiger partial charge in [-0.1, -0.05) is 54.6 Å². The van der Waals surface area contributed by atoms with Gasteiger partial charge in [-0.2, -0.15) is 0 Å². The molecule has 0 saturated carbocycles. The van der Waals surface area contributed by atoms with E-state index in [1.165, 1.54) is 16.7 Å². The molecule has 4 nitrogen and oxygen atoms in total. The Bertz CT molecular complexity index is 732. The molecule has 4 heteroatoms. The van der Waals surface area contributed by atoms with Crippen molar-refractivity contribution in [1.82, 2.24) is 10.2 Å². The minimum atomic E-state index is -0.324. The lowest BCUT2D eigenvalue weighted by Gasteiger charge is -2.24. The summed E-state index contributed by atoms with van der Waals surface area (Å²) >= 11 is 0. The Kier molecular flexibility index (Phi) is 6.07. The predicted molar refractivity (Wildman–Crippen MR) is 105 cm³/mol. The summed E-state index contributed by atoms with van der Waals surface area (Å²) in [5.41, 5.74) is 3.49. The first-order valence-corrected chi connectivity index (χ1v) is 9.25. The fourth-order valence-corrected chi connectivity index (χ4v) is 3.66. The summed E-state index contributed by atoms with van der Waals surface area (Å²) < 4.78 is 5.02. The van der Waals surface area contributed by atoms with Crippen LogP contribution >= 0.6 is 0 Å². The maximum Gasteiger partial charge on any atom is 0.227 e. The largest absolute Gasteiger partial charge is 0.383 e. The minimum absolute atomic E-state index is 0.133. The van der Waals surface area contributed by atoms with E-state index in [4.69, 9.17) is 4.74 Å². The number of rotatable bonds is 7. The number of carbonyl (C=O) groups excluding carboxylic acids is 1. The molecule has 26 heavy (non-hydrogen) atoms. The van der Waals surface area contributed by atoms with Gasteiger partial charge < -0.3 is 10.1 Å². The second-order valence-electron chi connectivity index (χ2n) is 7.29. The van der Waals surface area contributed by atoms with Crippen LogP contribution in [0.25, 0.3) is 11.1 Å². The zero-order valence-corrected chi connectivity index (χ0v) is 15.7. The molecular formula is C22H28N2O2. The molecule has 1 fully saturated rings. The molecule has 3 rings (SSSR count). The Morgan fingerprint density at radius 2 is 1.88 bits per heavy atom. The Labute approximate surface area is 156 Å². The lowest BCUT2D eigenvalue weighted by Crippen LogP contribution is -2.42. The van der Waals surface area contributed by atoms with Crippen molar-refractivity contribution in [1.29, 1.82) is 0 Å². The molecule has 1 aliphatic rings. The highest BCUT2D eigenvalue weighted by atomic mass is 16.5. The number of amides is 1. The molecule has 1 heterocycles. The molecule has 2 aromatic rings. The Morgan fingerprint density at radius 1 is 1.15 bits per heavy atom. The number of likely N-dealkylation sites (tertiary alicyclic amines) is 1. The van der Waals surface area contributed by atoms with Gasteiger partial charge in [0.15, 0.2) is 0 Å². The lowest BCUT2D eigenvalue weighted by atomic mass is 9.88. The van der Waals surface area contributed by atoms with Gasteiger partial charge in [-0.25, -0.2) is 0 Å². The van der Waals surface area contributed by atoms with Crippen molar-refractivity contribution in [2.75, 3.05) is 33.4 Å². The van der Waals surface area contributed by atoms with E-state index in [0.29, 0.717) is 13.2 Å². The first kappa shape index (κ1) is 18.6. The molecule has 1 amide bonds. The predicted octanol–water partition coefficient (Wildman–Crippen LogP) is 3.33. The van der Waals surface area contributed by atoms with Crippen molar-refractivity contribution in [3.63, 3.8) is 0 Å². The second kappa shape index (κ2) is 8.47. The number of hydrogen-bond acceptors (Lipinski definition) is 3. The molecular weight excluding hydrogens is 324 g/mol. The van der Waals surface area contributed by atoms with Crippen molar-refractivity contribution in [3.8, 4) is 11.1 Å². The van der Waals surface area contributed by atoms with Crippen LogP contribution in [0, 0.1) is 5.41 Å². The van der Waals surface area contributed by atoms with Gasteiger partial charge in [-0.3, -0.25) is 9.69 Å². The molecule has 1 N–H and O–H groups in total. The molecule has 0 spiro atoms. The van der Waals surface area contributed by atoms with Gasteiger partial charge in [0, 0.05) is 26.7 Å². The van der Waals surface area contributed by atoms with E-state index in [1.807, 2.05) is 6.07 Å². The van der Waals surface area contributed by atoms with E-state index in [-0.39, 0.29) is 11.3 Å². The van der Waals surface area contributed by atoms with Gasteiger partial charge >= 0.3 is 0 Å². The van der Waals surface area contributed by atoms with E-state index in [9.17, 15) is 4.79 Å². The van der Waals surface area contributed by atoms with Gasteiger partial charge in [0.05, 0.1) is 12.0 Å². The molecule has 138 valence electrons. The summed E-state index contributed by atoms with van der Waals surface area (Å²) in [6.45, 7) is 5.79. The molecule has 0 radical (unpaired) electrons. The van der Waals surface area contributed by atoms with Crippen LogP contribution in [0.1, 0.15) is 18.9 Å². The van der Waals surface area contributed by atoms with E-state index in [0.717, 1.165) is 26.1 Å². The van der Waals surface area contributed by atoms with E-state index in [2.05, 4.69) is 65.7 Å². The third-order valence-electron chi connectivity index (χ3n) is 5.19. The van der Waals surface area contributed by atoms with Gasteiger partial charge in [0.1, 0.15) is 0 Å². The number of benzene rings is 2. The molecule has 0 aliphatic carbocycles. The summed E-state index contributed by atoms with van der Waals surface area (Å²) in [7, 11) is 1.65. The average Bonchev–Trinajstić information content (AvgIpc) is 3.05. The summed E-state index contributed by atoms with van der Waals surface area (Å²) in [4.78, 5) is 14.9. The van der Waals surface area contributed by atoms with E-state index < -0.39 is 0 Å². The maximum atomic E-state index is 12.5. The van der Waals surface area contributed by atoms with Crippen LogP contribution in [0.5, 0.6) is 0 Å². The zero-order chi connectivity index (χ0) is 18.4. The smallest absolute Gasteiger partial charge is 0.227 e. The average molecular weight is 352 g/mol. The summed E-state index contributed by atoms with van der Waals surface area (Å²) in [6, 6.07) is 19.0. The van der Waals surface area contributed by atoms with Gasteiger partial charge in [0.25, 0.3) is 0 Å². The summed E-state index contributed by atoms with van der Waals surface area (Å²) in [5.74, 6) is 0.133. The van der Waals surface area contributed by atoms with Crippen molar-refractivity contribution in [2.24, 2.45) is 5.41 Å². The topological polar surface area (TPSA) is 41.6 Å². The quantitative estimate of drug-likeness (QED) is 0.777. The third kappa shape index (κ3) is 4.32. The maximum absolute atomic E-state index is 12.5. The van der Waals surface area contributed by atoms with Crippen molar-refractivity contribution in [3.05, 3.63) is 60.2 Å². The summed E-state index contributed by atoms with van der Waals surface area (Å²) in [6.07, 6.45) is 0.888. The second-order valence-corrected chi connectivity index (χ2v) is 7.29. The zero-order valence-electron chi connectivity index (χ0n) is 15.7. The molecule has 0 aromatic heterocycles. The number of hydrogen-bond donors (Lipinski definition) is 1. The first-order chi connectivity index (χ1) is 12.6. The molecule has 0 bridgehead atoms. The highest BCUT2D eigenvalue weighted by Crippen LogP contribution is 2.32. The number of methoxy groups -OCH3 is 1. The standard InChI is InChI=1S/C22H28N2O2/c1-22(21(25)23-13-15-26-2)12-14-24(17-22)16-19-10-6-7-11-20(19)18-8-4-3-5-9-18/h3-11H,12-17H2,1-2H3,(H,23,25). The van der Waals surface area contributed by atoms with Crippen molar-refractivity contribution >= 4 is 5.91 Å². The van der Waals surface area contributed by atoms with Crippen LogP contribution in [-0.4, -0.2) is 44.2 Å². The third-order valence-corrected chi connectivity index (χ3v) is 5.19. The van der Waals surface area contributed by atoms with Gasteiger partial charge in [-0.05, 0) is 36.6 Å². The van der Waals surface area contributed by atoms with Crippen molar-refractivity contribution in [2.45, 2.75) is 19.9 Å². The molecule has 1 aliphatic heterocycles. The number of nitrogens with one attached hydrogen (secondary N) is 1. The molecule has 1 saturated heterocycles. The monoisotopic (exact) mass is 352 g/mol. The number of nitrogens with zero attached hydrogens (tertiary/aromatic N) is 1. The van der Waals surface area contributed by atoms with Crippen LogP contribution in [-0.2, 0) is 16.1 Å². The van der Waals surface area contributed by atoms with Crippen LogP contribution in [0.2, 0.25) is 0 Å². The first-order valence-electron chi connectivity index (χ1n) is 9.25. The normalized spacial score (nSPS) is 20.2. The van der Waals surface area contributed by atoms with Crippen LogP contribution in [0.3, 0.4) is 0 Å². The summed E-state index contributed by atoms with van der Waals surface area (Å²) in [5, 5.41) is 3.00. The van der Waals surface area contributed by atoms with Crippen LogP contribution in [0.15, 0.2) is 54.6 Å². The van der Waals surface area contributed by atoms with Gasteiger partial charge in [0.2, 0.25) is 5.91 Å². The SMILES string of the molecule is COCCNC(=O)C1(C)CCN(Cc2ccccc2-c2ccccc2)C1. The molecule has 1 unspecified atom stereocenters. The highest BCUT2D eigenvalue weighted by molar-refractivity contribution is 5.82. The van der Waals surface area contributed by atoms with Crippen LogP contribution in [0.4, 0.5) is 0 Å². The molecule has 1 atom stereocenters. The minimum Gasteiger partial charge on any atom is -0.383 e.